The van der Waals surface area contributed by atoms with Gasteiger partial charge in [0.15, 0.2) is 0 Å². The highest BCUT2D eigenvalue weighted by Gasteiger charge is 2.26. The molecule has 1 N–H and O–H groups in total. The molecule has 0 saturated heterocycles. The van der Waals surface area contributed by atoms with Crippen molar-refractivity contribution in [3.05, 3.63) is 73.1 Å². The molecule has 1 aliphatic carbocycles. The zero-order valence-electron chi connectivity index (χ0n) is 23.6. The van der Waals surface area contributed by atoms with E-state index in [1.54, 1.807) is 13.3 Å². The van der Waals surface area contributed by atoms with Crippen LogP contribution in [0.5, 0.6) is 11.8 Å². The molecule has 1 fully saturated rings. The maximum Gasteiger partial charge on any atom is 0.317 e. The topological polar surface area (TPSA) is 84.7 Å². The first-order chi connectivity index (χ1) is 19.4. The normalized spacial score (nSPS) is 12.9. The van der Waals surface area contributed by atoms with Gasteiger partial charge in [-0.3, -0.25) is 4.79 Å². The maximum atomic E-state index is 12.2. The van der Waals surface area contributed by atoms with Crippen LogP contribution in [0.15, 0.2) is 67.5 Å². The lowest BCUT2D eigenvalue weighted by Crippen LogP contribution is -2.29. The minimum absolute atomic E-state index is 0.162. The third kappa shape index (κ3) is 5.94. The van der Waals surface area contributed by atoms with Gasteiger partial charge in [-0.25, -0.2) is 4.98 Å². The average Bonchev–Trinajstić information content (AvgIpc) is 3.74. The van der Waals surface area contributed by atoms with Crippen LogP contribution in [0.2, 0.25) is 0 Å². The van der Waals surface area contributed by atoms with Gasteiger partial charge >= 0.3 is 6.01 Å². The van der Waals surface area contributed by atoms with E-state index in [9.17, 15) is 4.79 Å². The Morgan fingerprint density at radius 3 is 2.70 bits per heavy atom. The Morgan fingerprint density at radius 1 is 1.18 bits per heavy atom. The van der Waals surface area contributed by atoms with Gasteiger partial charge in [0.2, 0.25) is 5.91 Å². The Kier molecular flexibility index (Phi) is 8.02. The molecule has 5 rings (SSSR count). The van der Waals surface area contributed by atoms with Crippen LogP contribution < -0.4 is 19.7 Å². The zero-order chi connectivity index (χ0) is 28.2. The van der Waals surface area contributed by atoms with Gasteiger partial charge in [0.1, 0.15) is 12.4 Å². The number of carbonyl (C=O) groups is 1. The lowest BCUT2D eigenvalue weighted by atomic mass is 10.1. The molecule has 208 valence electrons. The molecule has 0 radical (unpaired) electrons. The number of aromatic nitrogens is 3. The lowest BCUT2D eigenvalue weighted by molar-refractivity contribution is -0.111. The Hall–Kier alpha value is -4.37. The smallest absolute Gasteiger partial charge is 0.317 e. The lowest BCUT2D eigenvalue weighted by Gasteiger charge is -2.25. The molecule has 0 bridgehead atoms. The van der Waals surface area contributed by atoms with Gasteiger partial charge in [-0.05, 0) is 51.2 Å². The van der Waals surface area contributed by atoms with Crippen LogP contribution in [-0.2, 0) is 11.4 Å². The maximum absolute atomic E-state index is 12.2. The van der Waals surface area contributed by atoms with E-state index in [4.69, 9.17) is 14.5 Å². The van der Waals surface area contributed by atoms with E-state index in [0.717, 1.165) is 41.0 Å². The van der Waals surface area contributed by atoms with Crippen LogP contribution in [0.3, 0.4) is 0 Å². The van der Waals surface area contributed by atoms with Crippen molar-refractivity contribution < 1.29 is 14.3 Å². The van der Waals surface area contributed by atoms with E-state index >= 15 is 0 Å². The predicted molar refractivity (Wildman–Crippen MR) is 159 cm³/mol. The SMILES string of the molecule is C=CC(=O)Nc1cc(COc2nccc(-c3cn(C4CC4)c4ccccc34)n2)c(OC)cc1N(C)CCN(C)C. The Bertz CT molecular complexity index is 1530. The number of rotatable bonds is 12. The number of amides is 1. The number of fused-ring (bicyclic) bond motifs is 1. The van der Waals surface area contributed by atoms with Gasteiger partial charge in [0.25, 0.3) is 0 Å². The fourth-order valence-electron chi connectivity index (χ4n) is 4.75. The zero-order valence-corrected chi connectivity index (χ0v) is 23.6. The number of carbonyl (C=O) groups excluding carboxylic acids is 1. The summed E-state index contributed by atoms with van der Waals surface area (Å²) in [5.74, 6) is 0.354. The second-order valence-electron chi connectivity index (χ2n) is 10.3. The fraction of sp³-hybridized carbons (Fsp3) is 0.323. The van der Waals surface area contributed by atoms with E-state index in [-0.39, 0.29) is 18.5 Å². The van der Waals surface area contributed by atoms with Crippen molar-refractivity contribution in [3.8, 4) is 23.0 Å². The summed E-state index contributed by atoms with van der Waals surface area (Å²) < 4.78 is 14.1. The van der Waals surface area contributed by atoms with Gasteiger partial charge < -0.3 is 29.2 Å². The van der Waals surface area contributed by atoms with E-state index < -0.39 is 0 Å². The summed E-state index contributed by atoms with van der Waals surface area (Å²) in [6.45, 7) is 5.37. The predicted octanol–water partition coefficient (Wildman–Crippen LogP) is 5.14. The fourth-order valence-corrected chi connectivity index (χ4v) is 4.75. The number of anilines is 2. The first-order valence-corrected chi connectivity index (χ1v) is 13.4. The summed E-state index contributed by atoms with van der Waals surface area (Å²) >= 11 is 0. The van der Waals surface area contributed by atoms with Crippen molar-refractivity contribution in [2.24, 2.45) is 0 Å². The molecule has 1 amide bonds. The highest BCUT2D eigenvalue weighted by molar-refractivity contribution is 6.01. The van der Waals surface area contributed by atoms with Crippen LogP contribution in [0.4, 0.5) is 11.4 Å². The van der Waals surface area contributed by atoms with Gasteiger partial charge in [-0.15, -0.1) is 0 Å². The molecular formula is C31H36N6O3. The second kappa shape index (κ2) is 11.8. The molecule has 9 heteroatoms. The van der Waals surface area contributed by atoms with Crippen LogP contribution >= 0.6 is 0 Å². The van der Waals surface area contributed by atoms with Gasteiger partial charge in [-0.1, -0.05) is 24.8 Å². The van der Waals surface area contributed by atoms with Crippen LogP contribution in [0.25, 0.3) is 22.2 Å². The van der Waals surface area contributed by atoms with Crippen molar-refractivity contribution in [2.45, 2.75) is 25.5 Å². The molecule has 2 aromatic carbocycles. The molecule has 0 atom stereocenters. The van der Waals surface area contributed by atoms with Crippen molar-refractivity contribution in [1.29, 1.82) is 0 Å². The standard InChI is InChI=1S/C31H36N6O3/c1-6-30(38)33-26-17-21(29(39-5)18-28(26)36(4)16-15-35(2)3)20-40-31-32-14-13-25(34-31)24-19-37(22-11-12-22)27-10-8-7-9-23(24)27/h6-10,13-14,17-19,22H,1,11-12,15-16,20H2,2-5H3,(H,33,38). The third-order valence-electron chi connectivity index (χ3n) is 7.08. The molecule has 1 aliphatic rings. The first kappa shape index (κ1) is 27.2. The molecule has 4 aromatic rings. The van der Waals surface area contributed by atoms with Crippen LogP contribution in [0, 0.1) is 0 Å². The molecule has 9 nitrogen and oxygen atoms in total. The molecule has 0 unspecified atom stereocenters. The number of nitrogens with zero attached hydrogens (tertiary/aromatic N) is 5. The molecule has 40 heavy (non-hydrogen) atoms. The summed E-state index contributed by atoms with van der Waals surface area (Å²) in [6, 6.07) is 14.9. The summed E-state index contributed by atoms with van der Waals surface area (Å²) in [5, 5.41) is 4.09. The molecule has 2 aromatic heterocycles. The number of likely N-dealkylation sites (N-methyl/N-ethyl adjacent to an activating group) is 2. The van der Waals surface area contributed by atoms with E-state index in [0.29, 0.717) is 17.5 Å². The van der Waals surface area contributed by atoms with Crippen LogP contribution in [0.1, 0.15) is 24.4 Å². The molecule has 0 spiro atoms. The van der Waals surface area contributed by atoms with Crippen molar-refractivity contribution in [1.82, 2.24) is 19.4 Å². The minimum atomic E-state index is -0.291. The number of hydrogen-bond acceptors (Lipinski definition) is 7. The molecule has 1 saturated carbocycles. The van der Waals surface area contributed by atoms with Gasteiger partial charge in [0.05, 0.1) is 24.2 Å². The largest absolute Gasteiger partial charge is 0.496 e. The Balaban J connectivity index is 1.41. The summed E-state index contributed by atoms with van der Waals surface area (Å²) in [5.41, 5.74) is 5.33. The van der Waals surface area contributed by atoms with E-state index in [1.165, 1.54) is 24.4 Å². The van der Waals surface area contributed by atoms with Crippen molar-refractivity contribution in [3.63, 3.8) is 0 Å². The third-order valence-corrected chi connectivity index (χ3v) is 7.08. The van der Waals surface area contributed by atoms with E-state index in [2.05, 4.69) is 61.7 Å². The Labute approximate surface area is 235 Å². The molecule has 2 heterocycles. The monoisotopic (exact) mass is 540 g/mol. The summed E-state index contributed by atoms with van der Waals surface area (Å²) in [7, 11) is 7.66. The van der Waals surface area contributed by atoms with E-state index in [1.807, 2.05) is 39.3 Å². The number of ether oxygens (including phenoxy) is 2. The highest BCUT2D eigenvalue weighted by Crippen LogP contribution is 2.41. The second-order valence-corrected chi connectivity index (χ2v) is 10.3. The van der Waals surface area contributed by atoms with Gasteiger partial charge in [-0.2, -0.15) is 4.98 Å². The number of para-hydroxylation sites is 1. The number of benzene rings is 2. The van der Waals surface area contributed by atoms with Crippen molar-refractivity contribution >= 4 is 28.2 Å². The quantitative estimate of drug-likeness (QED) is 0.249. The summed E-state index contributed by atoms with van der Waals surface area (Å²) in [4.78, 5) is 25.5. The average molecular weight is 541 g/mol. The molecular weight excluding hydrogens is 504 g/mol. The van der Waals surface area contributed by atoms with Gasteiger partial charge in [0, 0.05) is 66.7 Å². The van der Waals surface area contributed by atoms with Crippen molar-refractivity contribution in [2.75, 3.05) is 51.6 Å². The number of methoxy groups -OCH3 is 1. The van der Waals surface area contributed by atoms with Crippen LogP contribution in [-0.4, -0.2) is 66.7 Å². The minimum Gasteiger partial charge on any atom is -0.496 e. The molecule has 0 aliphatic heterocycles. The number of hydrogen-bond donors (Lipinski definition) is 1. The Morgan fingerprint density at radius 2 is 1.98 bits per heavy atom. The summed E-state index contributed by atoms with van der Waals surface area (Å²) in [6.07, 6.45) is 7.58. The number of nitrogens with one attached hydrogen (secondary N) is 1. The highest BCUT2D eigenvalue weighted by atomic mass is 16.5. The first-order valence-electron chi connectivity index (χ1n) is 13.4.